The van der Waals surface area contributed by atoms with E-state index in [2.05, 4.69) is 36.2 Å². The number of hydrogen-bond acceptors (Lipinski definition) is 6. The van der Waals surface area contributed by atoms with Crippen molar-refractivity contribution in [2.75, 3.05) is 12.4 Å². The Morgan fingerprint density at radius 3 is 2.85 bits per heavy atom. The van der Waals surface area contributed by atoms with Gasteiger partial charge in [0.05, 0.1) is 35.7 Å². The van der Waals surface area contributed by atoms with Crippen LogP contribution in [0.4, 0.5) is 5.69 Å². The Bertz CT molecular complexity index is 988. The normalized spacial score (nSPS) is 10.8. The van der Waals surface area contributed by atoms with E-state index in [1.165, 1.54) is 13.3 Å². The predicted molar refractivity (Wildman–Crippen MR) is 99.7 cm³/mol. The summed E-state index contributed by atoms with van der Waals surface area (Å²) in [5.74, 6) is -0.155. The lowest BCUT2D eigenvalue weighted by Gasteiger charge is -2.05. The first-order valence-electron chi connectivity index (χ1n) is 8.16. The van der Waals surface area contributed by atoms with Crippen LogP contribution in [0.3, 0.4) is 0 Å². The molecule has 3 heterocycles. The highest BCUT2D eigenvalue weighted by atomic mass is 79.9. The van der Waals surface area contributed by atoms with Crippen molar-refractivity contribution in [1.82, 2.24) is 19.6 Å². The van der Waals surface area contributed by atoms with Crippen molar-refractivity contribution in [2.24, 2.45) is 0 Å². The molecule has 27 heavy (non-hydrogen) atoms. The number of methoxy groups -OCH3 is 1. The summed E-state index contributed by atoms with van der Waals surface area (Å²) in [6.07, 6.45) is 3.21. The van der Waals surface area contributed by atoms with E-state index in [4.69, 9.17) is 4.42 Å². The molecule has 3 aromatic rings. The zero-order chi connectivity index (χ0) is 19.6. The van der Waals surface area contributed by atoms with Crippen molar-refractivity contribution in [1.29, 1.82) is 0 Å². The topological polar surface area (TPSA) is 104 Å². The van der Waals surface area contributed by atoms with Gasteiger partial charge >= 0.3 is 5.97 Å². The Hall–Kier alpha value is -2.88. The second-order valence-corrected chi connectivity index (χ2v) is 6.50. The van der Waals surface area contributed by atoms with Gasteiger partial charge < -0.3 is 14.5 Å². The van der Waals surface area contributed by atoms with Gasteiger partial charge in [0.25, 0.3) is 5.91 Å². The summed E-state index contributed by atoms with van der Waals surface area (Å²) >= 11 is 3.41. The summed E-state index contributed by atoms with van der Waals surface area (Å²) in [5, 5.41) is 11.3. The number of furan rings is 1. The number of carbonyl (C=O) groups excluding carboxylic acids is 2. The number of nitrogens with zero attached hydrogens (tertiary/aromatic N) is 4. The Kier molecular flexibility index (Phi) is 5.45. The van der Waals surface area contributed by atoms with E-state index in [0.29, 0.717) is 34.7 Å². The van der Waals surface area contributed by atoms with Gasteiger partial charge in [-0.15, -0.1) is 0 Å². The molecule has 1 amide bonds. The third-order valence-corrected chi connectivity index (χ3v) is 4.78. The van der Waals surface area contributed by atoms with Crippen molar-refractivity contribution < 1.29 is 18.7 Å². The summed E-state index contributed by atoms with van der Waals surface area (Å²) < 4.78 is 13.9. The summed E-state index contributed by atoms with van der Waals surface area (Å²) in [6, 6.07) is 3.21. The molecule has 3 rings (SSSR count). The number of hydrogen-bond donors (Lipinski definition) is 1. The Morgan fingerprint density at radius 1 is 1.37 bits per heavy atom. The standard InChI is InChI=1S/C17H18BrN5O4/c1-4-23-15(14(18)10(2)21-23)16(24)20-11-7-19-22(8-11)9-12-5-6-13(27-12)17(25)26-3/h5-8H,4,9H2,1-3H3,(H,20,24). The van der Waals surface area contributed by atoms with E-state index in [1.807, 2.05) is 13.8 Å². The highest BCUT2D eigenvalue weighted by molar-refractivity contribution is 9.10. The number of rotatable bonds is 6. The molecule has 0 saturated carbocycles. The monoisotopic (exact) mass is 435 g/mol. The van der Waals surface area contributed by atoms with E-state index in [0.717, 1.165) is 5.69 Å². The molecular formula is C17H18BrN5O4. The average molecular weight is 436 g/mol. The Morgan fingerprint density at radius 2 is 2.15 bits per heavy atom. The zero-order valence-corrected chi connectivity index (χ0v) is 16.6. The molecule has 9 nitrogen and oxygen atoms in total. The van der Waals surface area contributed by atoms with Crippen LogP contribution in [-0.4, -0.2) is 38.5 Å². The van der Waals surface area contributed by atoms with Crippen LogP contribution < -0.4 is 5.32 Å². The first kappa shape index (κ1) is 18.9. The Balaban J connectivity index is 1.70. The fourth-order valence-corrected chi connectivity index (χ4v) is 3.01. The number of anilines is 1. The van der Waals surface area contributed by atoms with E-state index >= 15 is 0 Å². The van der Waals surface area contributed by atoms with E-state index in [9.17, 15) is 9.59 Å². The second kappa shape index (κ2) is 7.78. The lowest BCUT2D eigenvalue weighted by Crippen LogP contribution is -2.17. The van der Waals surface area contributed by atoms with Gasteiger partial charge in [-0.1, -0.05) is 0 Å². The van der Waals surface area contributed by atoms with E-state index in [1.54, 1.807) is 27.7 Å². The molecule has 0 aliphatic heterocycles. The lowest BCUT2D eigenvalue weighted by molar-refractivity contribution is 0.0562. The summed E-state index contributed by atoms with van der Waals surface area (Å²) in [7, 11) is 1.29. The highest BCUT2D eigenvalue weighted by Crippen LogP contribution is 2.22. The minimum Gasteiger partial charge on any atom is -0.463 e. The minimum absolute atomic E-state index is 0.126. The summed E-state index contributed by atoms with van der Waals surface area (Å²) in [5.41, 5.74) is 1.74. The van der Waals surface area contributed by atoms with Gasteiger partial charge in [0.15, 0.2) is 0 Å². The first-order chi connectivity index (χ1) is 12.9. The maximum Gasteiger partial charge on any atom is 0.373 e. The molecule has 0 radical (unpaired) electrons. The van der Waals surface area contributed by atoms with Gasteiger partial charge in [-0.3, -0.25) is 14.2 Å². The SMILES string of the molecule is CCn1nc(C)c(Br)c1C(=O)Nc1cnn(Cc2ccc(C(=O)OC)o2)c1. The second-order valence-electron chi connectivity index (χ2n) is 5.70. The van der Waals surface area contributed by atoms with Gasteiger partial charge in [-0.25, -0.2) is 4.79 Å². The predicted octanol–water partition coefficient (Wildman–Crippen LogP) is 2.85. The van der Waals surface area contributed by atoms with Crippen molar-refractivity contribution in [3.63, 3.8) is 0 Å². The lowest BCUT2D eigenvalue weighted by atomic mass is 10.3. The van der Waals surface area contributed by atoms with Crippen LogP contribution in [-0.2, 0) is 17.8 Å². The van der Waals surface area contributed by atoms with Crippen LogP contribution in [0.2, 0.25) is 0 Å². The molecule has 1 N–H and O–H groups in total. The fraction of sp³-hybridized carbons (Fsp3) is 0.294. The number of aryl methyl sites for hydroxylation is 2. The van der Waals surface area contributed by atoms with Gasteiger partial charge in [0, 0.05) is 12.7 Å². The summed E-state index contributed by atoms with van der Waals surface area (Å²) in [6.45, 7) is 4.63. The molecule has 0 bridgehead atoms. The smallest absolute Gasteiger partial charge is 0.373 e. The van der Waals surface area contributed by atoms with Crippen molar-refractivity contribution >= 4 is 33.5 Å². The molecule has 0 aliphatic rings. The van der Waals surface area contributed by atoms with Crippen LogP contribution in [0.1, 0.15) is 39.4 Å². The van der Waals surface area contributed by atoms with Crippen molar-refractivity contribution in [2.45, 2.75) is 26.9 Å². The molecule has 0 unspecified atom stereocenters. The number of amides is 1. The minimum atomic E-state index is -0.539. The first-order valence-corrected chi connectivity index (χ1v) is 8.96. The molecule has 0 atom stereocenters. The van der Waals surface area contributed by atoms with Gasteiger partial charge in [-0.2, -0.15) is 10.2 Å². The third-order valence-electron chi connectivity index (χ3n) is 3.83. The van der Waals surface area contributed by atoms with Gasteiger partial charge in [0.1, 0.15) is 11.5 Å². The van der Waals surface area contributed by atoms with E-state index in [-0.39, 0.29) is 11.7 Å². The number of nitrogens with one attached hydrogen (secondary N) is 1. The number of carbonyl (C=O) groups is 2. The highest BCUT2D eigenvalue weighted by Gasteiger charge is 2.20. The fourth-order valence-electron chi connectivity index (χ4n) is 2.54. The average Bonchev–Trinajstić information content (AvgIpc) is 3.35. The number of esters is 1. The molecule has 142 valence electrons. The van der Waals surface area contributed by atoms with Gasteiger partial charge in [-0.05, 0) is 41.9 Å². The van der Waals surface area contributed by atoms with E-state index < -0.39 is 5.97 Å². The quantitative estimate of drug-likeness (QED) is 0.596. The van der Waals surface area contributed by atoms with Crippen LogP contribution >= 0.6 is 15.9 Å². The van der Waals surface area contributed by atoms with Gasteiger partial charge in [0.2, 0.25) is 5.76 Å². The molecule has 0 saturated heterocycles. The van der Waals surface area contributed by atoms with Crippen LogP contribution in [0, 0.1) is 6.92 Å². The third kappa shape index (κ3) is 3.95. The number of ether oxygens (including phenoxy) is 1. The van der Waals surface area contributed by atoms with Crippen LogP contribution in [0.5, 0.6) is 0 Å². The zero-order valence-electron chi connectivity index (χ0n) is 15.0. The molecule has 0 fully saturated rings. The number of aromatic nitrogens is 4. The maximum absolute atomic E-state index is 12.6. The van der Waals surface area contributed by atoms with Crippen molar-refractivity contribution in [3.8, 4) is 0 Å². The molecule has 10 heteroatoms. The van der Waals surface area contributed by atoms with Crippen LogP contribution in [0.25, 0.3) is 0 Å². The maximum atomic E-state index is 12.6. The Labute approximate surface area is 163 Å². The largest absolute Gasteiger partial charge is 0.463 e. The number of halogens is 1. The molecule has 0 spiro atoms. The molecule has 0 aliphatic carbocycles. The summed E-state index contributed by atoms with van der Waals surface area (Å²) in [4.78, 5) is 24.0. The molecule has 3 aromatic heterocycles. The molecule has 0 aromatic carbocycles. The van der Waals surface area contributed by atoms with Crippen molar-refractivity contribution in [3.05, 3.63) is 51.9 Å². The molecular weight excluding hydrogens is 418 g/mol. The van der Waals surface area contributed by atoms with Crippen LogP contribution in [0.15, 0.2) is 33.4 Å².